The summed E-state index contributed by atoms with van der Waals surface area (Å²) in [6.07, 6.45) is -0.745. The van der Waals surface area contributed by atoms with E-state index in [1.807, 2.05) is 73.8 Å². The summed E-state index contributed by atoms with van der Waals surface area (Å²) in [5.74, 6) is -13.7. The molecule has 0 spiro atoms. The summed E-state index contributed by atoms with van der Waals surface area (Å²) >= 11 is 5.91. The highest BCUT2D eigenvalue weighted by Gasteiger charge is 2.34. The second kappa shape index (κ2) is 10.4. The molecule has 0 fully saturated rings. The highest BCUT2D eigenvalue weighted by molar-refractivity contribution is 14.1. The van der Waals surface area contributed by atoms with Gasteiger partial charge in [0.1, 0.15) is 6.61 Å². The van der Waals surface area contributed by atoms with E-state index < -0.39 is 69.0 Å². The fourth-order valence-corrected chi connectivity index (χ4v) is 5.09. The van der Waals surface area contributed by atoms with Crippen LogP contribution in [0.5, 0.6) is 5.75 Å². The van der Waals surface area contributed by atoms with Crippen molar-refractivity contribution in [3.63, 3.8) is 0 Å². The van der Waals surface area contributed by atoms with E-state index in [1.54, 1.807) is 0 Å². The zero-order valence-corrected chi connectivity index (χ0v) is 21.8. The summed E-state index contributed by atoms with van der Waals surface area (Å²) < 4.78 is 96.9. The normalized spacial score (nSPS) is 11.4. The Hall–Kier alpha value is -0.800. The van der Waals surface area contributed by atoms with Crippen LogP contribution in [0.25, 0.3) is 0 Å². The molecule has 0 unspecified atom stereocenters. The van der Waals surface area contributed by atoms with E-state index in [1.165, 1.54) is 6.07 Å². The second-order valence-corrected chi connectivity index (χ2v) is 10.3. The van der Waals surface area contributed by atoms with Gasteiger partial charge in [-0.2, -0.15) is 17.2 Å². The zero-order chi connectivity index (χ0) is 23.7. The van der Waals surface area contributed by atoms with Gasteiger partial charge in [-0.15, -0.1) is 0 Å². The van der Waals surface area contributed by atoms with Crippen molar-refractivity contribution >= 4 is 89.8 Å². The van der Waals surface area contributed by atoms with Crippen LogP contribution in [-0.4, -0.2) is 31.5 Å². The Bertz CT molecular complexity index is 1160. The van der Waals surface area contributed by atoms with E-state index in [9.17, 15) is 35.6 Å². The number of hydrogen-bond acceptors (Lipinski definition) is 6. The first kappa shape index (κ1) is 26.5. The fraction of sp³-hybridized carbons (Fsp3) is 0.125. The Morgan fingerprint density at radius 3 is 2.03 bits per heavy atom. The molecule has 168 valence electrons. The van der Waals surface area contributed by atoms with Crippen LogP contribution in [-0.2, 0) is 19.6 Å². The molecule has 0 saturated carbocycles. The van der Waals surface area contributed by atoms with Crippen molar-refractivity contribution in [2.75, 3.05) is 6.61 Å². The lowest BCUT2D eigenvalue weighted by atomic mass is 10.2. The van der Waals surface area contributed by atoms with Crippen LogP contribution in [0, 0.1) is 34.0 Å². The zero-order valence-electron chi connectivity index (χ0n) is 14.5. The standard InChI is InChI=1S/C16H7F4I3O7S/c17-9-11(19)15(31(26,27)28)12(20)10(18)14(9)30-8(24)1-2-29-16(25)6-3-5(21)4-7(22)13(6)23/h3-4H,1-2H2,(H,26,27,28). The highest BCUT2D eigenvalue weighted by Crippen LogP contribution is 2.32. The van der Waals surface area contributed by atoms with Crippen molar-refractivity contribution in [3.8, 4) is 5.75 Å². The number of carbonyl (C=O) groups excluding carboxylic acids is 2. The molecule has 0 bridgehead atoms. The van der Waals surface area contributed by atoms with Crippen molar-refractivity contribution in [2.24, 2.45) is 0 Å². The summed E-state index contributed by atoms with van der Waals surface area (Å²) in [6, 6.07) is 3.35. The summed E-state index contributed by atoms with van der Waals surface area (Å²) in [4.78, 5) is 21.6. The molecule has 1 N–H and O–H groups in total. The molecule has 0 aliphatic rings. The number of esters is 2. The quantitative estimate of drug-likeness (QED) is 0.115. The van der Waals surface area contributed by atoms with Gasteiger partial charge in [-0.3, -0.25) is 9.35 Å². The molecule has 0 atom stereocenters. The van der Waals surface area contributed by atoms with Crippen molar-refractivity contribution in [1.29, 1.82) is 0 Å². The Morgan fingerprint density at radius 2 is 1.52 bits per heavy atom. The lowest BCUT2D eigenvalue weighted by Gasteiger charge is -2.11. The van der Waals surface area contributed by atoms with E-state index in [0.29, 0.717) is 3.57 Å². The third kappa shape index (κ3) is 6.16. The molecule has 7 nitrogen and oxygen atoms in total. The molecule has 0 saturated heterocycles. The molecule has 2 rings (SSSR count). The number of halogens is 7. The molecule has 0 heterocycles. The molecule has 0 aliphatic heterocycles. The van der Waals surface area contributed by atoms with E-state index in [2.05, 4.69) is 4.74 Å². The predicted octanol–water partition coefficient (Wildman–Crippen LogP) is 4.46. The minimum atomic E-state index is -5.64. The van der Waals surface area contributed by atoms with Crippen molar-refractivity contribution < 1.29 is 49.6 Å². The average Bonchev–Trinajstić information content (AvgIpc) is 2.65. The Morgan fingerprint density at radius 1 is 0.968 bits per heavy atom. The maximum absolute atomic E-state index is 13.9. The predicted molar refractivity (Wildman–Crippen MR) is 121 cm³/mol. The monoisotopic (exact) mass is 800 g/mol. The summed E-state index contributed by atoms with van der Waals surface area (Å²) in [6.45, 7) is -0.590. The van der Waals surface area contributed by atoms with Crippen molar-refractivity contribution in [3.05, 3.63) is 51.7 Å². The SMILES string of the molecule is O=C(CCOC(=O)c1cc(I)cc(I)c1I)Oc1c(F)c(F)c(S(=O)(=O)O)c(F)c1F. The van der Waals surface area contributed by atoms with Gasteiger partial charge in [0.15, 0.2) is 16.5 Å². The number of carbonyl (C=O) groups is 2. The van der Waals surface area contributed by atoms with Crippen LogP contribution in [0.15, 0.2) is 17.0 Å². The average molecular weight is 800 g/mol. The summed E-state index contributed by atoms with van der Waals surface area (Å²) in [5, 5.41) is 0. The molecule has 2 aromatic rings. The molecule has 0 aromatic heterocycles. The van der Waals surface area contributed by atoms with Gasteiger partial charge < -0.3 is 9.47 Å². The van der Waals surface area contributed by atoms with E-state index in [0.717, 1.165) is 7.14 Å². The fourth-order valence-electron chi connectivity index (χ4n) is 2.08. The third-order valence-corrected chi connectivity index (χ3v) is 7.95. The van der Waals surface area contributed by atoms with Crippen molar-refractivity contribution in [2.45, 2.75) is 11.3 Å². The molecule has 15 heteroatoms. The first-order chi connectivity index (χ1) is 14.3. The topological polar surface area (TPSA) is 107 Å². The summed E-state index contributed by atoms with van der Waals surface area (Å²) in [7, 11) is -5.64. The van der Waals surface area contributed by atoms with Crippen LogP contribution in [0.2, 0.25) is 0 Å². The van der Waals surface area contributed by atoms with Gasteiger partial charge in [-0.1, -0.05) is 0 Å². The largest absolute Gasteiger partial charge is 0.461 e. The van der Waals surface area contributed by atoms with E-state index in [-0.39, 0.29) is 5.56 Å². The molecule has 0 amide bonds. The first-order valence-electron chi connectivity index (χ1n) is 7.61. The molecule has 2 aromatic carbocycles. The van der Waals surface area contributed by atoms with Gasteiger partial charge in [0, 0.05) is 10.7 Å². The maximum atomic E-state index is 13.9. The lowest BCUT2D eigenvalue weighted by molar-refractivity contribution is -0.135. The van der Waals surface area contributed by atoms with E-state index >= 15 is 0 Å². The smallest absolute Gasteiger partial charge is 0.339 e. The number of hydrogen-bond donors (Lipinski definition) is 1. The lowest BCUT2D eigenvalue weighted by Crippen LogP contribution is -2.18. The molecule has 0 radical (unpaired) electrons. The van der Waals surface area contributed by atoms with Gasteiger partial charge in [-0.25, -0.2) is 13.6 Å². The third-order valence-electron chi connectivity index (χ3n) is 3.41. The van der Waals surface area contributed by atoms with Crippen LogP contribution >= 0.6 is 67.8 Å². The van der Waals surface area contributed by atoms with Gasteiger partial charge in [-0.05, 0) is 79.9 Å². The summed E-state index contributed by atoms with van der Waals surface area (Å²) in [5.41, 5.74) is 0.215. The van der Waals surface area contributed by atoms with Gasteiger partial charge in [0.05, 0.1) is 12.0 Å². The highest BCUT2D eigenvalue weighted by atomic mass is 127. The molecule has 0 aliphatic carbocycles. The number of rotatable bonds is 6. The van der Waals surface area contributed by atoms with Crippen LogP contribution < -0.4 is 4.74 Å². The van der Waals surface area contributed by atoms with E-state index in [4.69, 9.17) is 9.29 Å². The van der Waals surface area contributed by atoms with Crippen LogP contribution in [0.3, 0.4) is 0 Å². The van der Waals surface area contributed by atoms with Crippen molar-refractivity contribution in [1.82, 2.24) is 0 Å². The van der Waals surface area contributed by atoms with Gasteiger partial charge in [0.25, 0.3) is 0 Å². The Kier molecular flexibility index (Phi) is 8.89. The van der Waals surface area contributed by atoms with Crippen LogP contribution in [0.4, 0.5) is 17.6 Å². The first-order valence-corrected chi connectivity index (χ1v) is 12.3. The Balaban J connectivity index is 2.12. The minimum Gasteiger partial charge on any atom is -0.461 e. The van der Waals surface area contributed by atoms with Gasteiger partial charge >= 0.3 is 22.1 Å². The molecular formula is C16H7F4I3O7S. The molecular weight excluding hydrogens is 793 g/mol. The second-order valence-electron chi connectivity index (χ2n) is 5.50. The maximum Gasteiger partial charge on any atom is 0.339 e. The number of benzene rings is 2. The Labute approximate surface area is 213 Å². The minimum absolute atomic E-state index is 0.215. The van der Waals surface area contributed by atoms with Crippen LogP contribution in [0.1, 0.15) is 16.8 Å². The molecule has 31 heavy (non-hydrogen) atoms. The number of ether oxygens (including phenoxy) is 2. The van der Waals surface area contributed by atoms with Gasteiger partial charge in [0.2, 0.25) is 17.4 Å².